The molecule has 0 rings (SSSR count). The second kappa shape index (κ2) is 7.80. The van der Waals surface area contributed by atoms with Gasteiger partial charge in [0.1, 0.15) is 0 Å². The minimum Gasteiger partial charge on any atom is -0.465 e. The molecule has 0 saturated carbocycles. The Labute approximate surface area is 126 Å². The molecule has 0 aromatic carbocycles. The summed E-state index contributed by atoms with van der Waals surface area (Å²) in [5, 5.41) is -0.0564. The predicted molar refractivity (Wildman–Crippen MR) is 90.2 cm³/mol. The first kappa shape index (κ1) is 19.1. The molecule has 0 amide bonds. The summed E-state index contributed by atoms with van der Waals surface area (Å²) >= 11 is 0. The van der Waals surface area contributed by atoms with Crippen LogP contribution in [0.5, 0.6) is 0 Å². The zero-order chi connectivity index (χ0) is 16.0. The maximum Gasteiger partial charge on any atom is 0.337 e. The molecule has 0 aliphatic carbocycles. The number of allylic oxidation sites excluding steroid dienone is 3. The van der Waals surface area contributed by atoms with Crippen LogP contribution in [0.1, 0.15) is 34.6 Å². The molecule has 1 atom stereocenters. The minimum atomic E-state index is -0.398. The average molecular weight is 296 g/mol. The van der Waals surface area contributed by atoms with Gasteiger partial charge in [-0.1, -0.05) is 44.1 Å². The number of methoxy groups -OCH3 is 1. The first-order chi connectivity index (χ1) is 9.09. The molecular weight excluding hydrogens is 270 g/mol. The molecule has 5 heteroatoms. The summed E-state index contributed by atoms with van der Waals surface area (Å²) < 4.78 is 10.7. The summed E-state index contributed by atoms with van der Waals surface area (Å²) in [4.78, 5) is 11.5. The highest BCUT2D eigenvalue weighted by Crippen LogP contribution is 2.33. The van der Waals surface area contributed by atoms with Crippen molar-refractivity contribution in [3.8, 4) is 0 Å². The Morgan fingerprint density at radius 2 is 1.85 bits per heavy atom. The van der Waals surface area contributed by atoms with Crippen molar-refractivity contribution in [1.82, 2.24) is 0 Å². The standard InChI is InChI=1S/C15H26BO3P/c1-8-11(13(17)18-7)10-12(9-2)16-19-14(3,4)15(5,6)20/h8-10,16H,1,20H2,2-7H3/b11-10+,12-9+. The van der Waals surface area contributed by atoms with Gasteiger partial charge in [0.15, 0.2) is 0 Å². The van der Waals surface area contributed by atoms with Crippen molar-refractivity contribution in [1.29, 1.82) is 0 Å². The van der Waals surface area contributed by atoms with Gasteiger partial charge in [0.25, 0.3) is 0 Å². The Hall–Kier alpha value is -0.855. The zero-order valence-electron chi connectivity index (χ0n) is 13.4. The van der Waals surface area contributed by atoms with Crippen LogP contribution in [0.3, 0.4) is 0 Å². The largest absolute Gasteiger partial charge is 0.465 e. The Morgan fingerprint density at radius 3 is 2.20 bits per heavy atom. The summed E-state index contributed by atoms with van der Waals surface area (Å²) in [6.45, 7) is 13.8. The van der Waals surface area contributed by atoms with E-state index in [1.165, 1.54) is 13.2 Å². The lowest BCUT2D eigenvalue weighted by Gasteiger charge is -2.39. The first-order valence-corrected chi connectivity index (χ1v) is 7.17. The highest BCUT2D eigenvalue weighted by atomic mass is 31.0. The molecule has 0 N–H and O–H groups in total. The van der Waals surface area contributed by atoms with Gasteiger partial charge in [-0.05, 0) is 20.8 Å². The maximum atomic E-state index is 11.5. The van der Waals surface area contributed by atoms with Crippen molar-refractivity contribution >= 4 is 22.7 Å². The molecule has 3 nitrogen and oxygen atoms in total. The number of esters is 1. The van der Waals surface area contributed by atoms with Crippen LogP contribution < -0.4 is 0 Å². The van der Waals surface area contributed by atoms with Gasteiger partial charge in [0.05, 0.1) is 18.3 Å². The van der Waals surface area contributed by atoms with E-state index >= 15 is 0 Å². The van der Waals surface area contributed by atoms with Crippen molar-refractivity contribution in [2.45, 2.75) is 45.4 Å². The molecule has 112 valence electrons. The quantitative estimate of drug-likeness (QED) is 0.238. The van der Waals surface area contributed by atoms with E-state index in [9.17, 15) is 4.79 Å². The minimum absolute atomic E-state index is 0.0564. The van der Waals surface area contributed by atoms with Crippen LogP contribution in [0.4, 0.5) is 0 Å². The molecule has 0 heterocycles. The third kappa shape index (κ3) is 5.64. The molecule has 0 spiro atoms. The molecule has 0 aliphatic heterocycles. The molecule has 20 heavy (non-hydrogen) atoms. The number of hydrogen-bond acceptors (Lipinski definition) is 3. The fraction of sp³-hybridized carbons (Fsp3) is 0.533. The Morgan fingerprint density at radius 1 is 1.30 bits per heavy atom. The van der Waals surface area contributed by atoms with Crippen molar-refractivity contribution in [3.05, 3.63) is 35.9 Å². The van der Waals surface area contributed by atoms with Gasteiger partial charge in [-0.3, -0.25) is 0 Å². The lowest BCUT2D eigenvalue weighted by molar-refractivity contribution is -0.135. The first-order valence-electron chi connectivity index (χ1n) is 6.59. The summed E-state index contributed by atoms with van der Waals surface area (Å²) in [6, 6.07) is 0. The third-order valence-corrected chi connectivity index (χ3v) is 4.20. The number of rotatable bonds is 7. The third-order valence-electron chi connectivity index (χ3n) is 3.50. The highest BCUT2D eigenvalue weighted by molar-refractivity contribution is 7.19. The van der Waals surface area contributed by atoms with E-state index in [0.717, 1.165) is 5.47 Å². The summed E-state index contributed by atoms with van der Waals surface area (Å²) in [5.74, 6) is -0.398. The van der Waals surface area contributed by atoms with Crippen LogP contribution in [0.15, 0.2) is 35.9 Å². The number of carbonyl (C=O) groups is 1. The van der Waals surface area contributed by atoms with Gasteiger partial charge in [-0.25, -0.2) is 4.79 Å². The van der Waals surface area contributed by atoms with E-state index in [1.807, 2.05) is 26.8 Å². The monoisotopic (exact) mass is 296 g/mol. The molecule has 1 unspecified atom stereocenters. The van der Waals surface area contributed by atoms with E-state index < -0.39 is 5.97 Å². The molecule has 0 aromatic heterocycles. The molecule has 0 saturated heterocycles. The fourth-order valence-corrected chi connectivity index (χ4v) is 1.26. The topological polar surface area (TPSA) is 35.5 Å². The molecule has 0 radical (unpaired) electrons. The van der Waals surface area contributed by atoms with Crippen molar-refractivity contribution < 1.29 is 14.2 Å². The highest BCUT2D eigenvalue weighted by Gasteiger charge is 2.33. The van der Waals surface area contributed by atoms with Crippen LogP contribution >= 0.6 is 9.24 Å². The maximum absolute atomic E-state index is 11.5. The smallest absolute Gasteiger partial charge is 0.337 e. The van der Waals surface area contributed by atoms with Crippen LogP contribution in [0.25, 0.3) is 0 Å². The second-order valence-corrected chi connectivity index (χ2v) is 7.12. The van der Waals surface area contributed by atoms with E-state index in [4.69, 9.17) is 9.39 Å². The second-order valence-electron chi connectivity index (χ2n) is 5.68. The van der Waals surface area contributed by atoms with Gasteiger partial charge < -0.3 is 9.39 Å². The van der Waals surface area contributed by atoms with Crippen LogP contribution in [-0.4, -0.2) is 31.3 Å². The van der Waals surface area contributed by atoms with Crippen molar-refractivity contribution in [2.24, 2.45) is 0 Å². The van der Waals surface area contributed by atoms with E-state index in [0.29, 0.717) is 13.1 Å². The van der Waals surface area contributed by atoms with E-state index in [2.05, 4.69) is 29.7 Å². The molecule has 0 bridgehead atoms. The summed E-state index contributed by atoms with van der Waals surface area (Å²) in [6.07, 6.45) is 5.14. The molecule has 0 aliphatic rings. The lowest BCUT2D eigenvalue weighted by atomic mass is 9.82. The Kier molecular flexibility index (Phi) is 7.47. The predicted octanol–water partition coefficient (Wildman–Crippen LogP) is 2.98. The number of ether oxygens (including phenoxy) is 1. The summed E-state index contributed by atoms with van der Waals surface area (Å²) in [5.41, 5.74) is 1.03. The van der Waals surface area contributed by atoms with E-state index in [1.54, 1.807) is 6.08 Å². The van der Waals surface area contributed by atoms with Gasteiger partial charge in [-0.2, -0.15) is 0 Å². The molecule has 0 aromatic rings. The van der Waals surface area contributed by atoms with Crippen molar-refractivity contribution in [3.63, 3.8) is 0 Å². The van der Waals surface area contributed by atoms with Crippen LogP contribution in [0.2, 0.25) is 0 Å². The molecule has 0 fully saturated rings. The number of carbonyl (C=O) groups excluding carboxylic acids is 1. The van der Waals surface area contributed by atoms with Gasteiger partial charge >= 0.3 is 13.5 Å². The zero-order valence-corrected chi connectivity index (χ0v) is 14.6. The normalized spacial score (nSPS) is 13.9. The Balaban J connectivity index is 4.96. The fourth-order valence-electron chi connectivity index (χ4n) is 1.18. The van der Waals surface area contributed by atoms with Gasteiger partial charge in [0, 0.05) is 5.16 Å². The Bertz CT molecular complexity index is 417. The van der Waals surface area contributed by atoms with Crippen molar-refractivity contribution in [2.75, 3.05) is 7.11 Å². The average Bonchev–Trinajstić information content (AvgIpc) is 2.37. The van der Waals surface area contributed by atoms with Crippen LogP contribution in [-0.2, 0) is 14.2 Å². The summed E-state index contributed by atoms with van der Waals surface area (Å²) in [7, 11) is 4.58. The SMILES string of the molecule is C=C/C(=C\C(BOC(C)(C)C(C)(C)P)=C/C)C(=O)OC. The van der Waals surface area contributed by atoms with Gasteiger partial charge in [0.2, 0.25) is 0 Å². The number of hydrogen-bond donors (Lipinski definition) is 0. The molecular formula is C15H26BO3P. The van der Waals surface area contributed by atoms with Crippen LogP contribution in [0, 0.1) is 0 Å². The lowest BCUT2D eigenvalue weighted by Crippen LogP contribution is -2.43. The van der Waals surface area contributed by atoms with E-state index in [-0.39, 0.29) is 10.8 Å². The van der Waals surface area contributed by atoms with Gasteiger partial charge in [-0.15, -0.1) is 9.24 Å².